The molecule has 0 aliphatic heterocycles. The molecular weight excluding hydrogens is 711 g/mol. The van der Waals surface area contributed by atoms with Crippen molar-refractivity contribution in [1.29, 1.82) is 0 Å². The van der Waals surface area contributed by atoms with Gasteiger partial charge in [-0.05, 0) is 150 Å². The highest BCUT2D eigenvalue weighted by Crippen LogP contribution is 2.65. The largest absolute Gasteiger partial charge is 0.310 e. The Bertz CT molecular complexity index is 2930. The van der Waals surface area contributed by atoms with Crippen LogP contribution in [0.4, 0.5) is 17.1 Å². The van der Waals surface area contributed by atoms with Gasteiger partial charge in [0.2, 0.25) is 0 Å². The number of nitrogens with zero attached hydrogens (tertiary/aromatic N) is 1. The Kier molecular flexibility index (Phi) is 6.50. The van der Waals surface area contributed by atoms with E-state index in [1.54, 1.807) is 0 Å². The van der Waals surface area contributed by atoms with Crippen molar-refractivity contribution in [3.05, 3.63) is 256 Å². The summed E-state index contributed by atoms with van der Waals surface area (Å²) >= 11 is 0. The second-order valence-corrected chi connectivity index (χ2v) is 16.9. The number of benzene rings is 9. The Labute approximate surface area is 345 Å². The van der Waals surface area contributed by atoms with Crippen LogP contribution in [-0.2, 0) is 10.8 Å². The summed E-state index contributed by atoms with van der Waals surface area (Å²) in [6.45, 7) is 4.44. The van der Waals surface area contributed by atoms with Gasteiger partial charge in [0, 0.05) is 17.1 Å². The van der Waals surface area contributed by atoms with Crippen LogP contribution in [0, 0.1) is 13.8 Å². The van der Waals surface area contributed by atoms with Gasteiger partial charge in [-0.2, -0.15) is 0 Å². The van der Waals surface area contributed by atoms with Crippen molar-refractivity contribution in [2.24, 2.45) is 0 Å². The van der Waals surface area contributed by atoms with E-state index in [9.17, 15) is 0 Å². The first-order valence-electron chi connectivity index (χ1n) is 20.8. The lowest BCUT2D eigenvalue weighted by Crippen LogP contribution is -2.26. The van der Waals surface area contributed by atoms with Gasteiger partial charge in [-0.1, -0.05) is 164 Å². The number of rotatable bonds is 3. The Morgan fingerprint density at radius 2 is 0.525 bits per heavy atom. The van der Waals surface area contributed by atoms with Crippen LogP contribution >= 0.6 is 0 Å². The quantitative estimate of drug-likeness (QED) is 0.174. The molecule has 0 heterocycles. The normalized spacial score (nSPS) is 14.5. The van der Waals surface area contributed by atoms with Crippen LogP contribution in [0.3, 0.4) is 0 Å². The van der Waals surface area contributed by atoms with E-state index in [4.69, 9.17) is 0 Å². The predicted octanol–water partition coefficient (Wildman–Crippen LogP) is 14.5. The molecule has 0 bridgehead atoms. The van der Waals surface area contributed by atoms with E-state index in [1.165, 1.54) is 100 Å². The second kappa shape index (κ2) is 11.7. The zero-order chi connectivity index (χ0) is 39.0. The third kappa shape index (κ3) is 4.05. The van der Waals surface area contributed by atoms with Crippen LogP contribution in [0.1, 0.15) is 55.6 Å². The maximum Gasteiger partial charge on any atom is 0.0726 e. The predicted molar refractivity (Wildman–Crippen MR) is 243 cm³/mol. The molecular formula is C58H39N. The van der Waals surface area contributed by atoms with Crippen molar-refractivity contribution >= 4 is 17.1 Å². The molecule has 0 fully saturated rings. The summed E-state index contributed by atoms with van der Waals surface area (Å²) in [6.07, 6.45) is 0. The van der Waals surface area contributed by atoms with Gasteiger partial charge >= 0.3 is 0 Å². The average Bonchev–Trinajstić information content (AvgIpc) is 3.95. The molecule has 0 radical (unpaired) electrons. The lowest BCUT2D eigenvalue weighted by Gasteiger charge is -2.33. The molecule has 13 rings (SSSR count). The zero-order valence-corrected chi connectivity index (χ0v) is 33.0. The highest BCUT2D eigenvalue weighted by atomic mass is 15.1. The Balaban J connectivity index is 1.09. The molecule has 0 saturated carbocycles. The van der Waals surface area contributed by atoms with E-state index >= 15 is 0 Å². The third-order valence-corrected chi connectivity index (χ3v) is 13.9. The summed E-state index contributed by atoms with van der Waals surface area (Å²) in [5, 5.41) is 0. The smallest absolute Gasteiger partial charge is 0.0726 e. The van der Waals surface area contributed by atoms with E-state index in [-0.39, 0.29) is 0 Å². The van der Waals surface area contributed by atoms with E-state index in [0.29, 0.717) is 0 Å². The van der Waals surface area contributed by atoms with Crippen LogP contribution in [0.2, 0.25) is 0 Å². The maximum atomic E-state index is 2.52. The molecule has 4 aliphatic carbocycles. The van der Waals surface area contributed by atoms with Crippen molar-refractivity contribution in [3.8, 4) is 44.5 Å². The number of hydrogen-bond acceptors (Lipinski definition) is 1. The molecule has 0 atom stereocenters. The molecule has 0 aromatic heterocycles. The van der Waals surface area contributed by atoms with Gasteiger partial charge in [0.25, 0.3) is 0 Å². The Morgan fingerprint density at radius 1 is 0.254 bits per heavy atom. The van der Waals surface area contributed by atoms with Crippen LogP contribution in [0.25, 0.3) is 44.5 Å². The van der Waals surface area contributed by atoms with Gasteiger partial charge < -0.3 is 4.90 Å². The van der Waals surface area contributed by atoms with Crippen molar-refractivity contribution in [2.75, 3.05) is 4.90 Å². The molecule has 0 amide bonds. The zero-order valence-electron chi connectivity index (χ0n) is 33.0. The molecule has 9 aromatic carbocycles. The number of hydrogen-bond donors (Lipinski definition) is 0. The fourth-order valence-corrected chi connectivity index (χ4v) is 12.0. The number of aryl methyl sites for hydroxylation is 2. The van der Waals surface area contributed by atoms with Crippen LogP contribution < -0.4 is 4.90 Å². The number of anilines is 3. The van der Waals surface area contributed by atoms with E-state index in [1.807, 2.05) is 0 Å². The summed E-state index contributed by atoms with van der Waals surface area (Å²) in [7, 11) is 0. The molecule has 0 N–H and O–H groups in total. The molecule has 1 nitrogen and oxygen atoms in total. The lowest BCUT2D eigenvalue weighted by atomic mass is 9.70. The van der Waals surface area contributed by atoms with Gasteiger partial charge in [-0.15, -0.1) is 0 Å². The third-order valence-electron chi connectivity index (χ3n) is 13.9. The SMILES string of the molecule is Cc1cc(C)cc(N(c2ccc3c(c2)C2(c4ccccc4-c4ccccc42)c2ccccc2-3)c2ccc3c(c2)C2(c4ccccc4-c4ccccc42)c2ccccc2-3)c1. The lowest BCUT2D eigenvalue weighted by molar-refractivity contribution is 0.792. The first-order chi connectivity index (χ1) is 29.1. The average molecular weight is 750 g/mol. The fourth-order valence-electron chi connectivity index (χ4n) is 12.0. The van der Waals surface area contributed by atoms with E-state index < -0.39 is 10.8 Å². The van der Waals surface area contributed by atoms with Gasteiger partial charge in [0.1, 0.15) is 0 Å². The van der Waals surface area contributed by atoms with Crippen molar-refractivity contribution in [1.82, 2.24) is 0 Å². The summed E-state index contributed by atoms with van der Waals surface area (Å²) in [6, 6.07) is 76.1. The molecule has 59 heavy (non-hydrogen) atoms. The van der Waals surface area contributed by atoms with Crippen LogP contribution in [-0.4, -0.2) is 0 Å². The fraction of sp³-hybridized carbons (Fsp3) is 0.0690. The molecule has 2 spiro atoms. The highest BCUT2D eigenvalue weighted by Gasteiger charge is 2.53. The highest BCUT2D eigenvalue weighted by molar-refractivity contribution is 5.98. The molecule has 4 aliphatic rings. The molecule has 1 heteroatoms. The van der Waals surface area contributed by atoms with Gasteiger partial charge in [0.15, 0.2) is 0 Å². The summed E-state index contributed by atoms with van der Waals surface area (Å²) < 4.78 is 0. The topological polar surface area (TPSA) is 3.24 Å². The monoisotopic (exact) mass is 749 g/mol. The Hall–Kier alpha value is -7.22. The minimum Gasteiger partial charge on any atom is -0.310 e. The van der Waals surface area contributed by atoms with Gasteiger partial charge in [-0.3, -0.25) is 0 Å². The minimum absolute atomic E-state index is 0.426. The van der Waals surface area contributed by atoms with Crippen LogP contribution in [0.5, 0.6) is 0 Å². The van der Waals surface area contributed by atoms with Crippen LogP contribution in [0.15, 0.2) is 200 Å². The molecule has 0 unspecified atom stereocenters. The van der Waals surface area contributed by atoms with Gasteiger partial charge in [-0.25, -0.2) is 0 Å². The van der Waals surface area contributed by atoms with E-state index in [2.05, 4.69) is 219 Å². The molecule has 9 aromatic rings. The maximum absolute atomic E-state index is 2.52. The second-order valence-electron chi connectivity index (χ2n) is 16.9. The van der Waals surface area contributed by atoms with E-state index in [0.717, 1.165) is 17.1 Å². The standard InChI is InChI=1S/C58H39N/c1-36-31-37(2)33-40(32-36)59(38-27-29-47-45-19-7-13-25-53(45)57(55(47)34-38)49-21-9-3-15-41(49)42-16-4-10-22-50(42)57)39-28-30-48-46-20-8-14-26-54(46)58(56(48)35-39)51-23-11-5-17-43(51)44-18-6-12-24-52(44)58/h3-35H,1-2H3. The van der Waals surface area contributed by atoms with Crippen molar-refractivity contribution in [2.45, 2.75) is 24.7 Å². The Morgan fingerprint density at radius 3 is 0.831 bits per heavy atom. The van der Waals surface area contributed by atoms with Crippen molar-refractivity contribution in [3.63, 3.8) is 0 Å². The van der Waals surface area contributed by atoms with Gasteiger partial charge in [0.05, 0.1) is 10.8 Å². The number of fused-ring (bicyclic) bond motifs is 20. The minimum atomic E-state index is -0.426. The summed E-state index contributed by atoms with van der Waals surface area (Å²) in [4.78, 5) is 2.52. The first kappa shape index (κ1) is 32.8. The van der Waals surface area contributed by atoms with Crippen molar-refractivity contribution < 1.29 is 0 Å². The molecule has 276 valence electrons. The summed E-state index contributed by atoms with van der Waals surface area (Å²) in [5.74, 6) is 0. The molecule has 0 saturated heterocycles. The first-order valence-corrected chi connectivity index (χ1v) is 20.8. The summed E-state index contributed by atoms with van der Waals surface area (Å²) in [5.41, 5.74) is 26.5.